The molecule has 0 spiro atoms. The van der Waals surface area contributed by atoms with Crippen LogP contribution in [0.3, 0.4) is 0 Å². The number of aromatic hydroxyl groups is 1. The summed E-state index contributed by atoms with van der Waals surface area (Å²) in [5, 5.41) is 15.8. The second-order valence-corrected chi connectivity index (χ2v) is 10.5. The quantitative estimate of drug-likeness (QED) is 0.379. The SMILES string of the molecule is CCN1CCN(c2ccc(O)c(-c3ccc([C@@]4(CN5Cc6ccc(OC)cc6C5=O)NC(=O)NC4=O)cc3)n2)CC1. The van der Waals surface area contributed by atoms with E-state index >= 15 is 0 Å². The van der Waals surface area contributed by atoms with Gasteiger partial charge < -0.3 is 29.9 Å². The molecule has 3 aromatic rings. The highest BCUT2D eigenvalue weighted by Gasteiger charge is 2.50. The number of carbonyl (C=O) groups excluding carboxylic acids is 3. The zero-order valence-corrected chi connectivity index (χ0v) is 23.0. The zero-order chi connectivity index (χ0) is 28.7. The van der Waals surface area contributed by atoms with E-state index in [0.29, 0.717) is 34.7 Å². The molecule has 11 nitrogen and oxygen atoms in total. The first-order valence-electron chi connectivity index (χ1n) is 13.7. The molecule has 0 bridgehead atoms. The lowest BCUT2D eigenvalue weighted by Gasteiger charge is -2.35. The lowest BCUT2D eigenvalue weighted by Crippen LogP contribution is -2.52. The minimum absolute atomic E-state index is 0.0474. The minimum atomic E-state index is -1.48. The van der Waals surface area contributed by atoms with Gasteiger partial charge in [-0.1, -0.05) is 37.3 Å². The molecule has 6 rings (SSSR count). The van der Waals surface area contributed by atoms with Crippen LogP contribution in [0.15, 0.2) is 54.6 Å². The Kier molecular flexibility index (Phi) is 6.74. The summed E-state index contributed by atoms with van der Waals surface area (Å²) < 4.78 is 5.26. The molecule has 3 aliphatic heterocycles. The smallest absolute Gasteiger partial charge is 0.322 e. The number of aromatic nitrogens is 1. The summed E-state index contributed by atoms with van der Waals surface area (Å²) in [5.74, 6) is 0.632. The van der Waals surface area contributed by atoms with Crippen molar-refractivity contribution >= 4 is 23.7 Å². The molecule has 0 saturated carbocycles. The van der Waals surface area contributed by atoms with Gasteiger partial charge in [0.15, 0.2) is 5.54 Å². The monoisotopic (exact) mass is 556 g/mol. The fourth-order valence-corrected chi connectivity index (χ4v) is 5.81. The fourth-order valence-electron chi connectivity index (χ4n) is 5.81. The van der Waals surface area contributed by atoms with Gasteiger partial charge in [-0.25, -0.2) is 9.78 Å². The van der Waals surface area contributed by atoms with Crippen LogP contribution in [0, 0.1) is 0 Å². The Labute approximate surface area is 237 Å². The fraction of sp³-hybridized carbons (Fsp3) is 0.333. The Morgan fingerprint density at radius 3 is 2.41 bits per heavy atom. The number of hydrogen-bond donors (Lipinski definition) is 3. The van der Waals surface area contributed by atoms with Crippen molar-refractivity contribution in [2.24, 2.45) is 0 Å². The van der Waals surface area contributed by atoms with E-state index < -0.39 is 17.5 Å². The summed E-state index contributed by atoms with van der Waals surface area (Å²) in [5.41, 5.74) is 1.46. The van der Waals surface area contributed by atoms with E-state index in [0.717, 1.165) is 44.1 Å². The molecule has 2 saturated heterocycles. The first-order valence-corrected chi connectivity index (χ1v) is 13.7. The van der Waals surface area contributed by atoms with Crippen molar-refractivity contribution in [1.82, 2.24) is 25.4 Å². The minimum Gasteiger partial charge on any atom is -0.506 e. The first-order chi connectivity index (χ1) is 19.8. The molecular weight excluding hydrogens is 524 g/mol. The normalized spacial score (nSPS) is 20.7. The number of methoxy groups -OCH3 is 1. The number of ether oxygens (including phenoxy) is 1. The number of carbonyl (C=O) groups is 3. The average Bonchev–Trinajstić information content (AvgIpc) is 3.47. The number of amides is 4. The highest BCUT2D eigenvalue weighted by Crippen LogP contribution is 2.35. The Bertz CT molecular complexity index is 1520. The molecule has 0 radical (unpaired) electrons. The van der Waals surface area contributed by atoms with Crippen LogP contribution in [-0.2, 0) is 16.9 Å². The lowest BCUT2D eigenvalue weighted by atomic mass is 9.88. The number of nitrogens with zero attached hydrogens (tertiary/aromatic N) is 4. The lowest BCUT2D eigenvalue weighted by molar-refractivity contribution is -0.124. The van der Waals surface area contributed by atoms with Crippen LogP contribution in [0.2, 0.25) is 0 Å². The summed E-state index contributed by atoms with van der Waals surface area (Å²) in [6, 6.07) is 15.1. The predicted octanol–water partition coefficient (Wildman–Crippen LogP) is 2.30. The van der Waals surface area contributed by atoms with Gasteiger partial charge in [0, 0.05) is 43.9 Å². The van der Waals surface area contributed by atoms with Crippen molar-refractivity contribution in [3.05, 3.63) is 71.3 Å². The largest absolute Gasteiger partial charge is 0.506 e. The molecule has 11 heteroatoms. The maximum atomic E-state index is 13.3. The van der Waals surface area contributed by atoms with Crippen molar-refractivity contribution in [2.75, 3.05) is 51.3 Å². The highest BCUT2D eigenvalue weighted by atomic mass is 16.5. The molecule has 1 aromatic heterocycles. The van der Waals surface area contributed by atoms with Gasteiger partial charge >= 0.3 is 6.03 Å². The number of anilines is 1. The number of urea groups is 1. The highest BCUT2D eigenvalue weighted by molar-refractivity contribution is 6.08. The van der Waals surface area contributed by atoms with Crippen LogP contribution < -0.4 is 20.3 Å². The van der Waals surface area contributed by atoms with E-state index in [-0.39, 0.29) is 18.2 Å². The van der Waals surface area contributed by atoms with Crippen LogP contribution >= 0.6 is 0 Å². The number of piperazine rings is 1. The van der Waals surface area contributed by atoms with Gasteiger partial charge in [-0.15, -0.1) is 0 Å². The van der Waals surface area contributed by atoms with Gasteiger partial charge in [0.2, 0.25) is 0 Å². The molecule has 212 valence electrons. The van der Waals surface area contributed by atoms with Gasteiger partial charge in [0.25, 0.3) is 11.8 Å². The third-order valence-electron chi connectivity index (χ3n) is 8.22. The number of pyridine rings is 1. The Hall–Kier alpha value is -4.64. The van der Waals surface area contributed by atoms with Crippen molar-refractivity contribution in [1.29, 1.82) is 0 Å². The molecule has 3 N–H and O–H groups in total. The molecule has 0 aliphatic carbocycles. The molecule has 41 heavy (non-hydrogen) atoms. The molecule has 2 aromatic carbocycles. The Balaban J connectivity index is 1.27. The van der Waals surface area contributed by atoms with Gasteiger partial charge in [-0.05, 0) is 41.9 Å². The maximum absolute atomic E-state index is 13.3. The summed E-state index contributed by atoms with van der Waals surface area (Å²) >= 11 is 0. The summed E-state index contributed by atoms with van der Waals surface area (Å²) in [6.45, 7) is 7.04. The van der Waals surface area contributed by atoms with E-state index in [4.69, 9.17) is 9.72 Å². The zero-order valence-electron chi connectivity index (χ0n) is 23.0. The van der Waals surface area contributed by atoms with Crippen LogP contribution in [0.1, 0.15) is 28.4 Å². The molecule has 4 heterocycles. The number of nitrogens with one attached hydrogen (secondary N) is 2. The first kappa shape index (κ1) is 26.6. The van der Waals surface area contributed by atoms with E-state index in [1.165, 1.54) is 7.11 Å². The Morgan fingerprint density at radius 1 is 1.00 bits per heavy atom. The van der Waals surface area contributed by atoms with Crippen molar-refractivity contribution in [3.8, 4) is 22.8 Å². The molecule has 4 amide bonds. The van der Waals surface area contributed by atoms with Gasteiger partial charge in [-0.2, -0.15) is 0 Å². The molecule has 1 atom stereocenters. The van der Waals surface area contributed by atoms with Gasteiger partial charge in [-0.3, -0.25) is 14.9 Å². The number of imide groups is 1. The average molecular weight is 557 g/mol. The second kappa shape index (κ2) is 10.4. The number of fused-ring (bicyclic) bond motifs is 1. The molecular formula is C30H32N6O5. The summed E-state index contributed by atoms with van der Waals surface area (Å²) in [4.78, 5) is 49.8. The number of benzene rings is 2. The van der Waals surface area contributed by atoms with Crippen LogP contribution in [0.5, 0.6) is 11.5 Å². The predicted molar refractivity (Wildman–Crippen MR) is 152 cm³/mol. The second-order valence-electron chi connectivity index (χ2n) is 10.5. The number of rotatable bonds is 7. The van der Waals surface area contributed by atoms with Crippen molar-refractivity contribution in [3.63, 3.8) is 0 Å². The Morgan fingerprint density at radius 2 is 1.76 bits per heavy atom. The summed E-state index contributed by atoms with van der Waals surface area (Å²) in [6.07, 6.45) is 0. The third kappa shape index (κ3) is 4.71. The van der Waals surface area contributed by atoms with E-state index in [1.807, 2.05) is 12.1 Å². The van der Waals surface area contributed by atoms with Gasteiger partial charge in [0.05, 0.1) is 13.7 Å². The molecule has 2 fully saturated rings. The van der Waals surface area contributed by atoms with Crippen LogP contribution in [0.25, 0.3) is 11.3 Å². The topological polar surface area (TPSA) is 127 Å². The van der Waals surface area contributed by atoms with Crippen LogP contribution in [0.4, 0.5) is 10.6 Å². The third-order valence-corrected chi connectivity index (χ3v) is 8.22. The number of likely N-dealkylation sites (N-methyl/N-ethyl adjacent to an activating group) is 1. The van der Waals surface area contributed by atoms with Crippen molar-refractivity contribution in [2.45, 2.75) is 19.0 Å². The standard InChI is InChI=1S/C30H32N6O5/c1-3-34-12-14-35(15-13-34)25-11-10-24(37)26(31-25)19-4-7-21(8-5-19)30(28(39)32-29(40)33-30)18-36-17-20-6-9-22(41-2)16-23(20)27(36)38/h4-11,16,37H,3,12-15,17-18H2,1-2H3,(H2,32,33,39,40)/t30-/m1/s1. The molecule has 0 unspecified atom stereocenters. The van der Waals surface area contributed by atoms with E-state index in [1.54, 1.807) is 47.4 Å². The van der Waals surface area contributed by atoms with Crippen molar-refractivity contribution < 1.29 is 24.2 Å². The maximum Gasteiger partial charge on any atom is 0.322 e. The van der Waals surface area contributed by atoms with Crippen LogP contribution in [-0.4, -0.2) is 84.1 Å². The van der Waals surface area contributed by atoms with E-state index in [2.05, 4.69) is 27.4 Å². The number of hydrogen-bond acceptors (Lipinski definition) is 8. The van der Waals surface area contributed by atoms with Gasteiger partial charge in [0.1, 0.15) is 23.0 Å². The summed E-state index contributed by atoms with van der Waals surface area (Å²) in [7, 11) is 1.54. The van der Waals surface area contributed by atoms with E-state index in [9.17, 15) is 19.5 Å². The molecule has 3 aliphatic rings.